The predicted octanol–water partition coefficient (Wildman–Crippen LogP) is 10.0. The van der Waals surface area contributed by atoms with Gasteiger partial charge in [-0.2, -0.15) is 0 Å². The van der Waals surface area contributed by atoms with Crippen molar-refractivity contribution in [3.63, 3.8) is 0 Å². The lowest BCUT2D eigenvalue weighted by atomic mass is 9.79. The Morgan fingerprint density at radius 1 is 0.611 bits per heavy atom. The van der Waals surface area contributed by atoms with Crippen LogP contribution in [0.15, 0.2) is 0 Å². The van der Waals surface area contributed by atoms with Crippen molar-refractivity contribution in [1.29, 1.82) is 0 Å². The van der Waals surface area contributed by atoms with Crippen molar-refractivity contribution in [2.45, 2.75) is 180 Å². The van der Waals surface area contributed by atoms with Crippen LogP contribution in [0.3, 0.4) is 0 Å². The number of carboxylic acid groups (broad SMARTS) is 1. The zero-order chi connectivity index (χ0) is 26.3. The maximum Gasteiger partial charge on any atom is 0.310 e. The Labute approximate surface area is 223 Å². The number of carbonyl (C=O) groups is 2. The highest BCUT2D eigenvalue weighted by molar-refractivity contribution is 5.81. The number of ether oxygens (including phenoxy) is 1. The molecule has 212 valence electrons. The summed E-state index contributed by atoms with van der Waals surface area (Å²) in [5.41, 5.74) is 0. The van der Waals surface area contributed by atoms with Crippen LogP contribution in [0.2, 0.25) is 0 Å². The summed E-state index contributed by atoms with van der Waals surface area (Å²) >= 11 is 0. The Kier molecular flexibility index (Phi) is 21.1. The van der Waals surface area contributed by atoms with Gasteiger partial charge in [0.25, 0.3) is 0 Å². The molecule has 36 heavy (non-hydrogen) atoms. The number of rotatable bonds is 24. The minimum absolute atomic E-state index is 0.0348. The first-order valence-corrected chi connectivity index (χ1v) is 16.0. The minimum atomic E-state index is -0.832. The average molecular weight is 509 g/mol. The number of carboxylic acids is 1. The zero-order valence-electron chi connectivity index (χ0n) is 24.1. The van der Waals surface area contributed by atoms with E-state index in [0.717, 1.165) is 38.5 Å². The van der Waals surface area contributed by atoms with Gasteiger partial charge < -0.3 is 9.84 Å². The molecule has 1 aliphatic rings. The fourth-order valence-electron chi connectivity index (χ4n) is 5.76. The normalized spacial score (nSPS) is 18.7. The van der Waals surface area contributed by atoms with Crippen LogP contribution >= 0.6 is 0 Å². The van der Waals surface area contributed by atoms with Crippen LogP contribution in [0, 0.1) is 11.8 Å². The van der Waals surface area contributed by atoms with Crippen molar-refractivity contribution in [3.8, 4) is 0 Å². The van der Waals surface area contributed by atoms with Gasteiger partial charge in [0.15, 0.2) is 0 Å². The number of carbonyl (C=O) groups excluding carboxylic acids is 1. The summed E-state index contributed by atoms with van der Waals surface area (Å²) in [6.07, 6.45) is 29.6. The van der Waals surface area contributed by atoms with E-state index in [1.54, 1.807) is 0 Å². The van der Waals surface area contributed by atoms with E-state index in [1.165, 1.54) is 109 Å². The molecule has 1 N–H and O–H groups in total. The Morgan fingerprint density at radius 3 is 1.36 bits per heavy atom. The Bertz CT molecular complexity index is 532. The molecule has 0 spiro atoms. The molecule has 0 aromatic carbocycles. The van der Waals surface area contributed by atoms with Crippen LogP contribution < -0.4 is 0 Å². The van der Waals surface area contributed by atoms with Gasteiger partial charge in [0.05, 0.1) is 11.8 Å². The van der Waals surface area contributed by atoms with Crippen LogP contribution in [-0.4, -0.2) is 23.1 Å². The lowest BCUT2D eigenvalue weighted by Crippen LogP contribution is -2.35. The smallest absolute Gasteiger partial charge is 0.310 e. The second kappa shape index (κ2) is 23.1. The van der Waals surface area contributed by atoms with E-state index in [1.807, 2.05) is 0 Å². The van der Waals surface area contributed by atoms with Crippen LogP contribution in [0.4, 0.5) is 0 Å². The molecule has 0 aromatic heterocycles. The first-order valence-electron chi connectivity index (χ1n) is 16.0. The first-order chi connectivity index (χ1) is 17.6. The molecule has 3 atom stereocenters. The molecule has 1 aliphatic carbocycles. The van der Waals surface area contributed by atoms with Gasteiger partial charge in [0.1, 0.15) is 6.10 Å². The maximum absolute atomic E-state index is 13.0. The molecule has 0 bridgehead atoms. The summed E-state index contributed by atoms with van der Waals surface area (Å²) < 4.78 is 6.02. The van der Waals surface area contributed by atoms with Crippen molar-refractivity contribution in [2.24, 2.45) is 11.8 Å². The number of esters is 1. The zero-order valence-corrected chi connectivity index (χ0v) is 24.1. The highest BCUT2D eigenvalue weighted by atomic mass is 16.5. The lowest BCUT2D eigenvalue weighted by molar-refractivity contribution is -0.164. The van der Waals surface area contributed by atoms with Crippen molar-refractivity contribution in [2.75, 3.05) is 0 Å². The summed E-state index contributed by atoms with van der Waals surface area (Å²) in [6, 6.07) is 0. The average Bonchev–Trinajstić information content (AvgIpc) is 2.88. The summed E-state index contributed by atoms with van der Waals surface area (Å²) in [4.78, 5) is 24.7. The molecule has 4 heteroatoms. The molecule has 4 nitrogen and oxygen atoms in total. The van der Waals surface area contributed by atoms with Crippen LogP contribution in [0.5, 0.6) is 0 Å². The molecule has 3 unspecified atom stereocenters. The van der Waals surface area contributed by atoms with E-state index < -0.39 is 17.8 Å². The van der Waals surface area contributed by atoms with Gasteiger partial charge >= 0.3 is 11.9 Å². The van der Waals surface area contributed by atoms with Crippen molar-refractivity contribution in [3.05, 3.63) is 0 Å². The molecule has 0 radical (unpaired) electrons. The highest BCUT2D eigenvalue weighted by Crippen LogP contribution is 2.32. The van der Waals surface area contributed by atoms with Gasteiger partial charge in [0.2, 0.25) is 0 Å². The Morgan fingerprint density at radius 2 is 0.972 bits per heavy atom. The standard InChI is InChI=1S/C32H60O4/c1-3-5-7-9-11-13-15-17-19-21-25-28(24-20-18-16-14-12-10-8-6-4-2)36-32(35)30-27-23-22-26-29(30)31(33)34/h28-30H,3-27H2,1-2H3,(H,33,34). The molecule has 0 saturated heterocycles. The molecular weight excluding hydrogens is 448 g/mol. The van der Waals surface area contributed by atoms with Gasteiger partial charge in [-0.1, -0.05) is 136 Å². The maximum atomic E-state index is 13.0. The van der Waals surface area contributed by atoms with Crippen molar-refractivity contribution >= 4 is 11.9 Å². The molecular formula is C32H60O4. The fraction of sp³-hybridized carbons (Fsp3) is 0.938. The quantitative estimate of drug-likeness (QED) is 0.104. The van der Waals surface area contributed by atoms with Crippen molar-refractivity contribution in [1.82, 2.24) is 0 Å². The largest absolute Gasteiger partial charge is 0.481 e. The lowest BCUT2D eigenvalue weighted by Gasteiger charge is -2.29. The number of unbranched alkanes of at least 4 members (excludes halogenated alkanes) is 17. The summed E-state index contributed by atoms with van der Waals surface area (Å²) in [7, 11) is 0. The molecule has 0 heterocycles. The molecule has 1 fully saturated rings. The van der Waals surface area contributed by atoms with Gasteiger partial charge in [-0.15, -0.1) is 0 Å². The van der Waals surface area contributed by atoms with E-state index in [2.05, 4.69) is 13.8 Å². The third-order valence-corrected chi connectivity index (χ3v) is 8.18. The van der Waals surface area contributed by atoms with Gasteiger partial charge in [-0.05, 0) is 38.5 Å². The second-order valence-electron chi connectivity index (χ2n) is 11.5. The molecule has 1 saturated carbocycles. The number of hydrogen-bond acceptors (Lipinski definition) is 3. The molecule has 0 aromatic rings. The van der Waals surface area contributed by atoms with Gasteiger partial charge in [-0.3, -0.25) is 9.59 Å². The molecule has 0 amide bonds. The Balaban J connectivity index is 2.35. The fourth-order valence-corrected chi connectivity index (χ4v) is 5.76. The van der Waals surface area contributed by atoms with E-state index >= 15 is 0 Å². The molecule has 0 aliphatic heterocycles. The van der Waals surface area contributed by atoms with Gasteiger partial charge in [0, 0.05) is 0 Å². The number of aliphatic carboxylic acids is 1. The van der Waals surface area contributed by atoms with E-state index in [9.17, 15) is 14.7 Å². The van der Waals surface area contributed by atoms with Crippen molar-refractivity contribution < 1.29 is 19.4 Å². The van der Waals surface area contributed by atoms with E-state index in [4.69, 9.17) is 4.74 Å². The summed E-state index contributed by atoms with van der Waals surface area (Å²) in [5, 5.41) is 9.58. The Hall–Kier alpha value is -1.06. The third kappa shape index (κ3) is 16.6. The van der Waals surface area contributed by atoms with Crippen LogP contribution in [0.1, 0.15) is 174 Å². The second-order valence-corrected chi connectivity index (χ2v) is 11.5. The van der Waals surface area contributed by atoms with Crippen LogP contribution in [-0.2, 0) is 14.3 Å². The van der Waals surface area contributed by atoms with Gasteiger partial charge in [-0.25, -0.2) is 0 Å². The monoisotopic (exact) mass is 508 g/mol. The topological polar surface area (TPSA) is 63.6 Å². The number of hydrogen-bond donors (Lipinski definition) is 1. The third-order valence-electron chi connectivity index (χ3n) is 8.18. The highest BCUT2D eigenvalue weighted by Gasteiger charge is 2.37. The predicted molar refractivity (Wildman–Crippen MR) is 151 cm³/mol. The SMILES string of the molecule is CCCCCCCCCCCCC(CCCCCCCCCCC)OC(=O)C1CCCCC1C(=O)O. The summed E-state index contributed by atoms with van der Waals surface area (Å²) in [5.74, 6) is -2.08. The minimum Gasteiger partial charge on any atom is -0.481 e. The molecule has 1 rings (SSSR count). The van der Waals surface area contributed by atoms with E-state index in [-0.39, 0.29) is 12.1 Å². The first kappa shape index (κ1) is 33.0. The van der Waals surface area contributed by atoms with Crippen LogP contribution in [0.25, 0.3) is 0 Å². The summed E-state index contributed by atoms with van der Waals surface area (Å²) in [6.45, 7) is 4.52. The van der Waals surface area contributed by atoms with E-state index in [0.29, 0.717) is 12.8 Å².